The molecule has 2 aromatic rings. The summed E-state index contributed by atoms with van der Waals surface area (Å²) >= 11 is 0. The molecule has 0 aromatic heterocycles. The Bertz CT molecular complexity index is 921. The molecule has 2 aromatic carbocycles. The minimum Gasteiger partial charge on any atom is -0.443 e. The van der Waals surface area contributed by atoms with E-state index in [-0.39, 0.29) is 0 Å². The molecule has 0 aliphatic carbocycles. The summed E-state index contributed by atoms with van der Waals surface area (Å²) < 4.78 is 5.59. The Kier molecular flexibility index (Phi) is 7.91. The van der Waals surface area contributed by atoms with Crippen LogP contribution in [0.15, 0.2) is 54.1 Å². The van der Waals surface area contributed by atoms with Crippen LogP contribution in [0.3, 0.4) is 0 Å². The zero-order chi connectivity index (χ0) is 21.4. The molecule has 3 nitrogen and oxygen atoms in total. The second-order valence-corrected chi connectivity index (χ2v) is 8.80. The molecule has 29 heavy (non-hydrogen) atoms. The highest BCUT2D eigenvalue weighted by Gasteiger charge is 2.22. The molecule has 0 aliphatic rings. The molecule has 0 radical (unpaired) electrons. The van der Waals surface area contributed by atoms with E-state index in [1.54, 1.807) is 0 Å². The van der Waals surface area contributed by atoms with Gasteiger partial charge in [-0.3, -0.25) is 0 Å². The molecule has 0 bridgehead atoms. The number of ether oxygens (including phenoxy) is 1. The van der Waals surface area contributed by atoms with Crippen molar-refractivity contribution in [2.24, 2.45) is 5.92 Å². The molecule has 2 rings (SSSR count). The van der Waals surface area contributed by atoms with Gasteiger partial charge in [0.05, 0.1) is 5.69 Å². The number of fused-ring (bicyclic) bond motifs is 1. The molecule has 0 saturated heterocycles. The van der Waals surface area contributed by atoms with Crippen molar-refractivity contribution in [1.29, 1.82) is 0 Å². The molecule has 154 valence electrons. The van der Waals surface area contributed by atoms with E-state index in [9.17, 15) is 4.79 Å². The van der Waals surface area contributed by atoms with E-state index in [0.29, 0.717) is 5.92 Å². The Morgan fingerprint density at radius 1 is 1.14 bits per heavy atom. The van der Waals surface area contributed by atoms with Crippen molar-refractivity contribution in [2.75, 3.05) is 4.90 Å². The van der Waals surface area contributed by atoms with Crippen molar-refractivity contribution in [3.8, 4) is 12.0 Å². The molecule has 1 atom stereocenters. The number of hydrogen-bond donors (Lipinski definition) is 0. The Labute approximate surface area is 175 Å². The molecule has 0 saturated carbocycles. The van der Waals surface area contributed by atoms with Crippen LogP contribution in [-0.4, -0.2) is 11.7 Å². The van der Waals surface area contributed by atoms with E-state index in [4.69, 9.17) is 4.74 Å². The largest absolute Gasteiger partial charge is 0.443 e. The summed E-state index contributed by atoms with van der Waals surface area (Å²) in [5.74, 6) is 3.66. The maximum absolute atomic E-state index is 12.8. The average molecular weight is 392 g/mol. The number of allylic oxidation sites excluding steroid dienone is 2. The molecule has 0 unspecified atom stereocenters. The number of carbonyl (C=O) groups excluding carboxylic acids is 1. The van der Waals surface area contributed by atoms with Gasteiger partial charge in [0.25, 0.3) is 0 Å². The van der Waals surface area contributed by atoms with Gasteiger partial charge in [0.2, 0.25) is 0 Å². The van der Waals surface area contributed by atoms with Crippen LogP contribution in [0.2, 0.25) is 0 Å². The summed E-state index contributed by atoms with van der Waals surface area (Å²) in [5, 5.41) is 2.19. The second-order valence-electron chi connectivity index (χ2n) is 8.80. The van der Waals surface area contributed by atoms with Crippen LogP contribution in [0.4, 0.5) is 10.5 Å². The predicted octanol–water partition coefficient (Wildman–Crippen LogP) is 7.31. The summed E-state index contributed by atoms with van der Waals surface area (Å²) in [6, 6.07) is 17.0. The standard InChI is InChI=1S/C26H33NO2/c1-20(2)11-9-12-21(3)13-10-18-27(25(28)29-26(4,5)6)24-17-16-22-14-7-8-15-23(22)19-24/h7-8,11,14-17,19,21H,9,12-13H2,1-6H3/t21-/m0/s1. The molecular formula is C26H33NO2. The third-order valence-corrected chi connectivity index (χ3v) is 4.42. The van der Waals surface area contributed by atoms with Crippen LogP contribution in [0.25, 0.3) is 10.8 Å². The van der Waals surface area contributed by atoms with Crippen molar-refractivity contribution < 1.29 is 9.53 Å². The number of benzene rings is 2. The SMILES string of the molecule is CC(C)=CCC[C@H](C)CC#CN(C(=O)OC(C)(C)C)c1ccc2ccccc2c1. The monoisotopic (exact) mass is 391 g/mol. The summed E-state index contributed by atoms with van der Waals surface area (Å²) in [6.07, 6.45) is 4.70. The maximum atomic E-state index is 12.8. The molecule has 0 spiro atoms. The minimum atomic E-state index is -0.578. The van der Waals surface area contributed by atoms with Gasteiger partial charge in [-0.2, -0.15) is 0 Å². The van der Waals surface area contributed by atoms with E-state index in [2.05, 4.69) is 44.9 Å². The lowest BCUT2D eigenvalue weighted by molar-refractivity contribution is 0.0600. The predicted molar refractivity (Wildman–Crippen MR) is 123 cm³/mol. The fraction of sp³-hybridized carbons (Fsp3) is 0.423. The third kappa shape index (κ3) is 7.66. The number of nitrogens with zero attached hydrogens (tertiary/aromatic N) is 1. The highest BCUT2D eigenvalue weighted by atomic mass is 16.6. The van der Waals surface area contributed by atoms with Crippen molar-refractivity contribution in [1.82, 2.24) is 0 Å². The fourth-order valence-electron chi connectivity index (χ4n) is 2.90. The Morgan fingerprint density at radius 2 is 1.83 bits per heavy atom. The number of rotatable bonds is 5. The zero-order valence-electron chi connectivity index (χ0n) is 18.6. The number of anilines is 1. The van der Waals surface area contributed by atoms with Crippen LogP contribution >= 0.6 is 0 Å². The highest BCUT2D eigenvalue weighted by molar-refractivity contribution is 5.95. The van der Waals surface area contributed by atoms with Crippen molar-refractivity contribution >= 4 is 22.6 Å². The molecular weight excluding hydrogens is 358 g/mol. The van der Waals surface area contributed by atoms with Gasteiger partial charge < -0.3 is 4.74 Å². The van der Waals surface area contributed by atoms with Crippen LogP contribution in [0, 0.1) is 17.9 Å². The van der Waals surface area contributed by atoms with Crippen molar-refractivity contribution in [2.45, 2.75) is 66.4 Å². The van der Waals surface area contributed by atoms with Gasteiger partial charge in [0.15, 0.2) is 0 Å². The smallest absolute Gasteiger partial charge is 0.426 e. The molecule has 3 heteroatoms. The lowest BCUT2D eigenvalue weighted by atomic mass is 10.0. The highest BCUT2D eigenvalue weighted by Crippen LogP contribution is 2.23. The summed E-state index contributed by atoms with van der Waals surface area (Å²) in [5.41, 5.74) is 1.49. The Morgan fingerprint density at radius 3 is 2.48 bits per heavy atom. The molecule has 1 amide bonds. The van der Waals surface area contributed by atoms with Gasteiger partial charge in [-0.05, 0) is 76.3 Å². The first-order chi connectivity index (χ1) is 13.7. The lowest BCUT2D eigenvalue weighted by Crippen LogP contribution is -2.34. The summed E-state index contributed by atoms with van der Waals surface area (Å²) in [7, 11) is 0. The third-order valence-electron chi connectivity index (χ3n) is 4.42. The van der Waals surface area contributed by atoms with Crippen molar-refractivity contribution in [3.05, 3.63) is 54.1 Å². The first-order valence-corrected chi connectivity index (χ1v) is 10.3. The van der Waals surface area contributed by atoms with E-state index < -0.39 is 11.7 Å². The average Bonchev–Trinajstić information content (AvgIpc) is 2.63. The maximum Gasteiger partial charge on any atom is 0.426 e. The topological polar surface area (TPSA) is 29.5 Å². The molecule has 0 N–H and O–H groups in total. The number of carbonyl (C=O) groups is 1. The van der Waals surface area contributed by atoms with E-state index >= 15 is 0 Å². The summed E-state index contributed by atoms with van der Waals surface area (Å²) in [6.45, 7) is 12.0. The van der Waals surface area contributed by atoms with E-state index in [1.807, 2.05) is 57.2 Å². The van der Waals surface area contributed by atoms with Crippen LogP contribution < -0.4 is 4.90 Å². The second kappa shape index (κ2) is 10.2. The lowest BCUT2D eigenvalue weighted by Gasteiger charge is -2.24. The van der Waals surface area contributed by atoms with Gasteiger partial charge in [-0.1, -0.05) is 54.8 Å². The Balaban J connectivity index is 2.21. The van der Waals surface area contributed by atoms with Gasteiger partial charge >= 0.3 is 6.09 Å². The summed E-state index contributed by atoms with van der Waals surface area (Å²) in [4.78, 5) is 14.2. The van der Waals surface area contributed by atoms with Gasteiger partial charge in [-0.25, -0.2) is 9.69 Å². The fourth-order valence-corrected chi connectivity index (χ4v) is 2.90. The quantitative estimate of drug-likeness (QED) is 0.304. The minimum absolute atomic E-state index is 0.447. The number of hydrogen-bond acceptors (Lipinski definition) is 2. The van der Waals surface area contributed by atoms with Gasteiger partial charge in [0, 0.05) is 12.5 Å². The van der Waals surface area contributed by atoms with E-state index in [1.165, 1.54) is 10.5 Å². The Hall–Kier alpha value is -2.73. The molecule has 0 heterocycles. The van der Waals surface area contributed by atoms with Gasteiger partial charge in [0.1, 0.15) is 5.60 Å². The number of amides is 1. The van der Waals surface area contributed by atoms with E-state index in [0.717, 1.165) is 35.7 Å². The van der Waals surface area contributed by atoms with Gasteiger partial charge in [-0.15, -0.1) is 0 Å². The first-order valence-electron chi connectivity index (χ1n) is 10.3. The van der Waals surface area contributed by atoms with Crippen molar-refractivity contribution in [3.63, 3.8) is 0 Å². The molecule has 0 fully saturated rings. The van der Waals surface area contributed by atoms with Crippen LogP contribution in [0.5, 0.6) is 0 Å². The van der Waals surface area contributed by atoms with Crippen LogP contribution in [-0.2, 0) is 4.74 Å². The first kappa shape index (κ1) is 22.6. The molecule has 0 aliphatic heterocycles. The normalized spacial score (nSPS) is 11.9. The van der Waals surface area contributed by atoms with Crippen LogP contribution in [0.1, 0.15) is 60.8 Å². The zero-order valence-corrected chi connectivity index (χ0v) is 18.6.